The van der Waals surface area contributed by atoms with Crippen LogP contribution in [0, 0.1) is 12.8 Å². The van der Waals surface area contributed by atoms with Crippen LogP contribution in [0.2, 0.25) is 0 Å². The maximum atomic E-state index is 13.7. The smallest absolute Gasteiger partial charge is 0.328 e. The summed E-state index contributed by atoms with van der Waals surface area (Å²) in [6, 6.07) is 31.7. The molecule has 1 fully saturated rings. The first kappa shape index (κ1) is 37.3. The zero-order chi connectivity index (χ0) is 35.5. The van der Waals surface area contributed by atoms with E-state index in [0.717, 1.165) is 27.8 Å². The number of hydrogen-bond acceptors (Lipinski definition) is 7. The number of carbonyl (C=O) groups is 2. The number of benzene rings is 4. The van der Waals surface area contributed by atoms with Gasteiger partial charge in [-0.25, -0.2) is 13.2 Å². The number of amides is 1. The summed E-state index contributed by atoms with van der Waals surface area (Å²) < 4.78 is 39.9. The fraction of sp³-hybridized carbons (Fsp3) is 0.350. The van der Waals surface area contributed by atoms with E-state index in [4.69, 9.17) is 9.47 Å². The summed E-state index contributed by atoms with van der Waals surface area (Å²) in [5.74, 6) is 0.0524. The summed E-state index contributed by atoms with van der Waals surface area (Å²) in [5.41, 5.74) is 5.24. The lowest BCUT2D eigenvalue weighted by atomic mass is 9.88. The third-order valence-corrected chi connectivity index (χ3v) is 11.9. The predicted octanol–water partition coefficient (Wildman–Crippen LogP) is 6.92. The van der Waals surface area contributed by atoms with Crippen molar-refractivity contribution in [2.45, 2.75) is 56.3 Å². The van der Waals surface area contributed by atoms with Crippen LogP contribution in [0.15, 0.2) is 108 Å². The van der Waals surface area contributed by atoms with Gasteiger partial charge in [-0.1, -0.05) is 78.9 Å². The van der Waals surface area contributed by atoms with E-state index in [0.29, 0.717) is 61.6 Å². The summed E-state index contributed by atoms with van der Waals surface area (Å²) in [5, 5.41) is 2.91. The minimum atomic E-state index is -3.56. The Morgan fingerprint density at radius 1 is 0.880 bits per heavy atom. The fourth-order valence-electron chi connectivity index (χ4n) is 6.48. The van der Waals surface area contributed by atoms with Gasteiger partial charge in [0.15, 0.2) is 0 Å². The van der Waals surface area contributed by atoms with Crippen LogP contribution in [0.5, 0.6) is 0 Å². The maximum Gasteiger partial charge on any atom is 0.328 e. The second-order valence-electron chi connectivity index (χ2n) is 12.6. The summed E-state index contributed by atoms with van der Waals surface area (Å²) in [6.45, 7) is 3.19. The van der Waals surface area contributed by atoms with E-state index < -0.39 is 22.0 Å². The Bertz CT molecular complexity index is 1830. The lowest BCUT2D eigenvalue weighted by Gasteiger charge is -2.35. The molecule has 1 aliphatic heterocycles. The molecule has 8 nitrogen and oxygen atoms in total. The number of ether oxygens (including phenoxy) is 2. The average Bonchev–Trinajstić information content (AvgIpc) is 3.15. The fourth-order valence-corrected chi connectivity index (χ4v) is 8.44. The first-order valence-electron chi connectivity index (χ1n) is 17.0. The Labute approximate surface area is 300 Å². The molecule has 5 rings (SSSR count). The monoisotopic (exact) mass is 714 g/mol. The van der Waals surface area contributed by atoms with Crippen molar-refractivity contribution in [1.29, 1.82) is 0 Å². The molecule has 0 spiro atoms. The standard InChI is InChI=1S/C40H46N2O6S2/c1-29-12-10-11-17-34(29)36-26-31(18-19-35(36)39(43)41-37(22-25-49-3)40(44)47-2)28-48-38(27-30-13-6-4-7-14-30)32-20-23-42(24-21-32)50(45,46)33-15-8-5-9-16-33/h4-19,26,32,37-38H,20-25,27-28H2,1-3H3,(H,41,43)/t37-,38?/m0/s1. The highest BCUT2D eigenvalue weighted by atomic mass is 32.2. The van der Waals surface area contributed by atoms with Crippen LogP contribution in [0.4, 0.5) is 0 Å². The Morgan fingerprint density at radius 2 is 1.54 bits per heavy atom. The molecule has 0 bridgehead atoms. The largest absolute Gasteiger partial charge is 0.467 e. The van der Waals surface area contributed by atoms with Gasteiger partial charge in [0.05, 0.1) is 24.7 Å². The van der Waals surface area contributed by atoms with Crippen LogP contribution in [-0.2, 0) is 37.3 Å². The van der Waals surface area contributed by atoms with E-state index in [1.165, 1.54) is 7.11 Å². The number of methoxy groups -OCH3 is 1. The van der Waals surface area contributed by atoms with Crippen molar-refractivity contribution in [2.24, 2.45) is 5.92 Å². The van der Waals surface area contributed by atoms with Gasteiger partial charge >= 0.3 is 5.97 Å². The number of rotatable bonds is 15. The highest BCUT2D eigenvalue weighted by molar-refractivity contribution is 7.98. The minimum Gasteiger partial charge on any atom is -0.467 e. The van der Waals surface area contributed by atoms with E-state index in [1.54, 1.807) is 46.4 Å². The van der Waals surface area contributed by atoms with E-state index in [-0.39, 0.29) is 17.9 Å². The summed E-state index contributed by atoms with van der Waals surface area (Å²) >= 11 is 1.60. The number of thioether (sulfide) groups is 1. The van der Waals surface area contributed by atoms with Gasteiger partial charge in [-0.15, -0.1) is 0 Å². The number of aryl methyl sites for hydroxylation is 1. The van der Waals surface area contributed by atoms with Crippen LogP contribution in [0.25, 0.3) is 11.1 Å². The second kappa shape index (κ2) is 17.8. The van der Waals surface area contributed by atoms with Crippen molar-refractivity contribution < 1.29 is 27.5 Å². The van der Waals surface area contributed by atoms with Crippen molar-refractivity contribution in [1.82, 2.24) is 9.62 Å². The number of nitrogens with one attached hydrogen (secondary N) is 1. The third kappa shape index (κ3) is 9.42. The van der Waals surface area contributed by atoms with E-state index in [9.17, 15) is 18.0 Å². The molecule has 0 saturated carbocycles. The number of hydrogen-bond donors (Lipinski definition) is 1. The molecular weight excluding hydrogens is 669 g/mol. The zero-order valence-electron chi connectivity index (χ0n) is 28.9. The summed E-state index contributed by atoms with van der Waals surface area (Å²) in [4.78, 5) is 26.5. The SMILES string of the molecule is COC(=O)[C@H](CCSC)NC(=O)c1ccc(COC(Cc2ccccc2)C2CCN(S(=O)(=O)c3ccccc3)CC2)cc1-c1ccccc1C. The van der Waals surface area contributed by atoms with E-state index in [1.807, 2.05) is 73.8 Å². The van der Waals surface area contributed by atoms with Gasteiger partial charge in [0.2, 0.25) is 10.0 Å². The number of esters is 1. The van der Waals surface area contributed by atoms with Crippen LogP contribution >= 0.6 is 11.8 Å². The average molecular weight is 715 g/mol. The quantitative estimate of drug-likeness (QED) is 0.134. The van der Waals surface area contributed by atoms with Gasteiger partial charge in [-0.2, -0.15) is 16.1 Å². The lowest BCUT2D eigenvalue weighted by molar-refractivity contribution is -0.142. The molecule has 1 unspecified atom stereocenters. The van der Waals surface area contributed by atoms with Gasteiger partial charge in [0.25, 0.3) is 5.91 Å². The van der Waals surface area contributed by atoms with Crippen molar-refractivity contribution in [3.8, 4) is 11.1 Å². The molecule has 1 aliphatic rings. The van der Waals surface area contributed by atoms with Crippen molar-refractivity contribution >= 4 is 33.7 Å². The molecular formula is C40H46N2O6S2. The van der Waals surface area contributed by atoms with Crippen molar-refractivity contribution in [3.63, 3.8) is 0 Å². The Hall–Kier alpha value is -3.96. The molecule has 0 radical (unpaired) electrons. The number of nitrogens with zero attached hydrogens (tertiary/aromatic N) is 1. The van der Waals surface area contributed by atoms with E-state index in [2.05, 4.69) is 17.4 Å². The van der Waals surface area contributed by atoms with Crippen LogP contribution in [0.3, 0.4) is 0 Å². The number of piperidine rings is 1. The molecule has 0 aliphatic carbocycles. The molecule has 1 N–H and O–H groups in total. The number of carbonyl (C=O) groups excluding carboxylic acids is 2. The first-order chi connectivity index (χ1) is 24.2. The Balaban J connectivity index is 1.37. The van der Waals surface area contributed by atoms with Gasteiger partial charge in [-0.05, 0) is 103 Å². The van der Waals surface area contributed by atoms with Crippen molar-refractivity contribution in [2.75, 3.05) is 32.2 Å². The summed E-state index contributed by atoms with van der Waals surface area (Å²) in [6.07, 6.45) is 4.36. The summed E-state index contributed by atoms with van der Waals surface area (Å²) in [7, 11) is -2.23. The van der Waals surface area contributed by atoms with Crippen molar-refractivity contribution in [3.05, 3.63) is 125 Å². The zero-order valence-corrected chi connectivity index (χ0v) is 30.6. The molecule has 1 saturated heterocycles. The van der Waals surface area contributed by atoms with Gasteiger partial charge in [0.1, 0.15) is 6.04 Å². The predicted molar refractivity (Wildman–Crippen MR) is 200 cm³/mol. The Kier molecular flexibility index (Phi) is 13.3. The molecule has 1 amide bonds. The minimum absolute atomic E-state index is 0.138. The molecule has 4 aromatic rings. The van der Waals surface area contributed by atoms with Crippen LogP contribution in [-0.4, -0.2) is 69.0 Å². The van der Waals surface area contributed by atoms with Gasteiger partial charge < -0.3 is 14.8 Å². The molecule has 264 valence electrons. The highest BCUT2D eigenvalue weighted by Crippen LogP contribution is 2.32. The molecule has 1 heterocycles. The molecule has 50 heavy (non-hydrogen) atoms. The highest BCUT2D eigenvalue weighted by Gasteiger charge is 2.33. The first-order valence-corrected chi connectivity index (χ1v) is 19.8. The normalized spacial score (nSPS) is 15.3. The maximum absolute atomic E-state index is 13.7. The lowest BCUT2D eigenvalue weighted by Crippen LogP contribution is -2.42. The van der Waals surface area contributed by atoms with Gasteiger partial charge in [0, 0.05) is 18.7 Å². The number of sulfonamides is 1. The van der Waals surface area contributed by atoms with Gasteiger partial charge in [-0.3, -0.25) is 4.79 Å². The molecule has 0 aromatic heterocycles. The van der Waals surface area contributed by atoms with Crippen LogP contribution < -0.4 is 5.32 Å². The molecule has 10 heteroatoms. The second-order valence-corrected chi connectivity index (χ2v) is 15.5. The Morgan fingerprint density at radius 3 is 2.20 bits per heavy atom. The molecule has 2 atom stereocenters. The topological polar surface area (TPSA) is 102 Å². The van der Waals surface area contributed by atoms with E-state index >= 15 is 0 Å². The third-order valence-electron chi connectivity index (χ3n) is 9.31. The molecule has 4 aromatic carbocycles. The van der Waals surface area contributed by atoms with Crippen LogP contribution in [0.1, 0.15) is 46.3 Å².